The Morgan fingerprint density at radius 3 is 2.82 bits per heavy atom. The molecular weight excluding hydrogens is 400 g/mol. The summed E-state index contributed by atoms with van der Waals surface area (Å²) >= 11 is 12.6. The van der Waals surface area contributed by atoms with Crippen molar-refractivity contribution in [1.29, 1.82) is 0 Å². The fraction of sp³-hybridized carbons (Fsp3) is 0.381. The van der Waals surface area contributed by atoms with E-state index in [1.165, 1.54) is 12.1 Å². The first kappa shape index (κ1) is 19.5. The highest BCUT2D eigenvalue weighted by Crippen LogP contribution is 2.41. The van der Waals surface area contributed by atoms with E-state index < -0.39 is 11.4 Å². The van der Waals surface area contributed by atoms with Crippen LogP contribution in [0.1, 0.15) is 34.3 Å². The molecule has 2 heterocycles. The molecule has 1 amide bonds. The minimum Gasteiger partial charge on any atom is -0.374 e. The average molecular weight is 422 g/mol. The Morgan fingerprint density at radius 1 is 1.25 bits per heavy atom. The van der Waals surface area contributed by atoms with Gasteiger partial charge < -0.3 is 15.5 Å². The molecule has 0 bridgehead atoms. The normalized spacial score (nSPS) is 22.1. The summed E-state index contributed by atoms with van der Waals surface area (Å²) < 4.78 is 14.8. The molecule has 0 saturated carbocycles. The van der Waals surface area contributed by atoms with Crippen LogP contribution in [0.3, 0.4) is 0 Å². The van der Waals surface area contributed by atoms with E-state index in [9.17, 15) is 9.18 Å². The van der Waals surface area contributed by atoms with Gasteiger partial charge in [-0.15, -0.1) is 0 Å². The van der Waals surface area contributed by atoms with Crippen molar-refractivity contribution < 1.29 is 9.18 Å². The molecule has 0 spiro atoms. The Morgan fingerprint density at radius 2 is 2.07 bits per heavy atom. The number of hydrogen-bond donors (Lipinski definition) is 2. The van der Waals surface area contributed by atoms with Gasteiger partial charge in [-0.1, -0.05) is 29.3 Å². The van der Waals surface area contributed by atoms with Gasteiger partial charge in [0.25, 0.3) is 5.91 Å². The molecule has 4 rings (SSSR count). The van der Waals surface area contributed by atoms with Gasteiger partial charge >= 0.3 is 0 Å². The van der Waals surface area contributed by atoms with Crippen molar-refractivity contribution in [2.75, 3.05) is 32.0 Å². The second kappa shape index (κ2) is 7.54. The Labute approximate surface area is 174 Å². The van der Waals surface area contributed by atoms with Crippen LogP contribution in [0, 0.1) is 5.82 Å². The van der Waals surface area contributed by atoms with Crippen LogP contribution >= 0.6 is 23.2 Å². The molecule has 1 saturated heterocycles. The van der Waals surface area contributed by atoms with E-state index in [4.69, 9.17) is 23.2 Å². The number of amides is 1. The fourth-order valence-corrected chi connectivity index (χ4v) is 4.69. The zero-order chi connectivity index (χ0) is 19.9. The summed E-state index contributed by atoms with van der Waals surface area (Å²) in [5.74, 6) is -0.377. The van der Waals surface area contributed by atoms with E-state index in [1.807, 2.05) is 25.2 Å². The van der Waals surface area contributed by atoms with Gasteiger partial charge in [0.2, 0.25) is 0 Å². The molecule has 7 heteroatoms. The maximum atomic E-state index is 14.8. The molecule has 1 fully saturated rings. The van der Waals surface area contributed by atoms with E-state index >= 15 is 0 Å². The Bertz CT molecular complexity index is 928. The Hall–Kier alpha value is -1.82. The van der Waals surface area contributed by atoms with E-state index in [-0.39, 0.29) is 10.9 Å². The molecule has 2 aliphatic heterocycles. The summed E-state index contributed by atoms with van der Waals surface area (Å²) in [6.45, 7) is 1.98. The number of nitrogens with zero attached hydrogens (tertiary/aromatic N) is 1. The highest BCUT2D eigenvalue weighted by molar-refractivity contribution is 6.42. The predicted octanol–water partition coefficient (Wildman–Crippen LogP) is 4.45. The van der Waals surface area contributed by atoms with Gasteiger partial charge in [0.1, 0.15) is 5.82 Å². The van der Waals surface area contributed by atoms with Gasteiger partial charge in [-0.05, 0) is 55.6 Å². The molecule has 1 atom stereocenters. The van der Waals surface area contributed by atoms with Crippen LogP contribution in [0.2, 0.25) is 10.0 Å². The van der Waals surface area contributed by atoms with Crippen molar-refractivity contribution in [3.8, 4) is 0 Å². The maximum absolute atomic E-state index is 14.8. The number of carbonyl (C=O) groups excluding carboxylic acids is 1. The minimum absolute atomic E-state index is 0.0155. The predicted molar refractivity (Wildman–Crippen MR) is 111 cm³/mol. The van der Waals surface area contributed by atoms with Crippen molar-refractivity contribution in [3.05, 3.63) is 62.9 Å². The van der Waals surface area contributed by atoms with Crippen LogP contribution in [0.5, 0.6) is 0 Å². The summed E-state index contributed by atoms with van der Waals surface area (Å²) in [4.78, 5) is 14.5. The molecule has 0 aromatic heterocycles. The van der Waals surface area contributed by atoms with Crippen molar-refractivity contribution in [3.63, 3.8) is 0 Å². The highest BCUT2D eigenvalue weighted by atomic mass is 35.5. The Kier molecular flexibility index (Phi) is 5.25. The van der Waals surface area contributed by atoms with Gasteiger partial charge in [-0.3, -0.25) is 4.79 Å². The Balaban J connectivity index is 1.76. The molecule has 4 nitrogen and oxygen atoms in total. The molecule has 0 radical (unpaired) electrons. The smallest absolute Gasteiger partial charge is 0.253 e. The molecule has 2 aromatic rings. The third-order valence-corrected chi connectivity index (χ3v) is 6.49. The number of halogens is 3. The second-order valence-electron chi connectivity index (χ2n) is 7.55. The topological polar surface area (TPSA) is 44.4 Å². The van der Waals surface area contributed by atoms with E-state index in [1.54, 1.807) is 4.90 Å². The fourth-order valence-electron chi connectivity index (χ4n) is 4.20. The summed E-state index contributed by atoms with van der Waals surface area (Å²) in [7, 11) is 1.82. The third kappa shape index (κ3) is 3.36. The summed E-state index contributed by atoms with van der Waals surface area (Å²) in [5, 5.41) is 7.31. The first-order chi connectivity index (χ1) is 13.4. The SMILES string of the molecule is CN1CCCc2ccc(N[C@]3(c4c(F)ccc(Cl)c4Cl)CCNC3)cc2C1=O. The van der Waals surface area contributed by atoms with Gasteiger partial charge in [0.05, 0.1) is 15.6 Å². The van der Waals surface area contributed by atoms with Gasteiger partial charge in [-0.25, -0.2) is 4.39 Å². The van der Waals surface area contributed by atoms with E-state index in [2.05, 4.69) is 10.6 Å². The van der Waals surface area contributed by atoms with E-state index in [0.717, 1.165) is 37.2 Å². The number of hydrogen-bond acceptors (Lipinski definition) is 3. The first-order valence-electron chi connectivity index (χ1n) is 9.42. The van der Waals surface area contributed by atoms with E-state index in [0.29, 0.717) is 29.1 Å². The monoisotopic (exact) mass is 421 g/mol. The van der Waals surface area contributed by atoms with Crippen molar-refractivity contribution in [2.45, 2.75) is 24.8 Å². The summed E-state index contributed by atoms with van der Waals surface area (Å²) in [5.41, 5.74) is 2.14. The third-order valence-electron chi connectivity index (χ3n) is 5.69. The lowest BCUT2D eigenvalue weighted by Gasteiger charge is -2.33. The zero-order valence-electron chi connectivity index (χ0n) is 15.6. The number of rotatable bonds is 3. The number of anilines is 1. The molecule has 2 N–H and O–H groups in total. The number of carbonyl (C=O) groups is 1. The molecule has 2 aromatic carbocycles. The summed E-state index contributed by atoms with van der Waals surface area (Å²) in [6, 6.07) is 8.63. The minimum atomic E-state index is -0.736. The molecule has 2 aliphatic rings. The van der Waals surface area contributed by atoms with Crippen LogP contribution in [0.25, 0.3) is 0 Å². The van der Waals surface area contributed by atoms with Gasteiger partial charge in [-0.2, -0.15) is 0 Å². The van der Waals surface area contributed by atoms with Gasteiger partial charge in [0, 0.05) is 37.0 Å². The molecule has 148 valence electrons. The standard InChI is InChI=1S/C21H22Cl2FN3O/c1-27-10-2-3-13-4-5-14(11-15(13)20(27)28)26-21(8-9-25-12-21)18-17(24)7-6-16(22)19(18)23/h4-7,11,25-26H,2-3,8-10,12H2,1H3/t21-/m1/s1. The van der Waals surface area contributed by atoms with Crippen LogP contribution in [-0.2, 0) is 12.0 Å². The van der Waals surface area contributed by atoms with Gasteiger partial charge in [0.15, 0.2) is 0 Å². The van der Waals surface area contributed by atoms with Crippen LogP contribution < -0.4 is 10.6 Å². The van der Waals surface area contributed by atoms with Crippen LogP contribution in [0.15, 0.2) is 30.3 Å². The molecule has 0 unspecified atom stereocenters. The average Bonchev–Trinajstić information content (AvgIpc) is 3.09. The lowest BCUT2D eigenvalue weighted by atomic mass is 9.87. The molecule has 0 aliphatic carbocycles. The van der Waals surface area contributed by atoms with Crippen LogP contribution in [-0.4, -0.2) is 37.5 Å². The zero-order valence-corrected chi connectivity index (χ0v) is 17.1. The quantitative estimate of drug-likeness (QED) is 0.719. The first-order valence-corrected chi connectivity index (χ1v) is 10.2. The van der Waals surface area contributed by atoms with Crippen LogP contribution in [0.4, 0.5) is 10.1 Å². The number of fused-ring (bicyclic) bond motifs is 1. The largest absolute Gasteiger partial charge is 0.374 e. The number of benzene rings is 2. The summed E-state index contributed by atoms with van der Waals surface area (Å²) in [6.07, 6.45) is 2.46. The molecule has 28 heavy (non-hydrogen) atoms. The van der Waals surface area contributed by atoms with Crippen molar-refractivity contribution in [2.24, 2.45) is 0 Å². The lowest BCUT2D eigenvalue weighted by Crippen LogP contribution is -2.39. The second-order valence-corrected chi connectivity index (χ2v) is 8.34. The number of aryl methyl sites for hydroxylation is 1. The highest BCUT2D eigenvalue weighted by Gasteiger charge is 2.40. The number of nitrogens with one attached hydrogen (secondary N) is 2. The molecular formula is C21H22Cl2FN3O. The van der Waals surface area contributed by atoms with Crippen molar-refractivity contribution >= 4 is 34.8 Å². The van der Waals surface area contributed by atoms with Crippen molar-refractivity contribution in [1.82, 2.24) is 10.2 Å². The lowest BCUT2D eigenvalue weighted by molar-refractivity contribution is 0.0800. The maximum Gasteiger partial charge on any atom is 0.253 e.